The number of pyridine rings is 1. The number of nitrogens with zero attached hydrogens (tertiary/aromatic N) is 3. The van der Waals surface area contributed by atoms with E-state index in [2.05, 4.69) is 15.4 Å². The average Bonchev–Trinajstić information content (AvgIpc) is 2.66. The molecule has 5 heteroatoms. The van der Waals surface area contributed by atoms with Gasteiger partial charge in [0.05, 0.1) is 18.1 Å². The van der Waals surface area contributed by atoms with E-state index in [9.17, 15) is 0 Å². The fourth-order valence-electron chi connectivity index (χ4n) is 1.42. The van der Waals surface area contributed by atoms with E-state index in [4.69, 9.17) is 11.6 Å². The zero-order valence-corrected chi connectivity index (χ0v) is 9.99. The van der Waals surface area contributed by atoms with Crippen molar-refractivity contribution in [2.45, 2.75) is 13.5 Å². The second-order valence-corrected chi connectivity index (χ2v) is 4.07. The maximum atomic E-state index is 5.85. The van der Waals surface area contributed by atoms with Crippen LogP contribution in [-0.4, -0.2) is 14.8 Å². The summed E-state index contributed by atoms with van der Waals surface area (Å²) in [5.74, 6) is 0. The van der Waals surface area contributed by atoms with E-state index in [-0.39, 0.29) is 0 Å². The molecule has 0 aliphatic rings. The van der Waals surface area contributed by atoms with Gasteiger partial charge in [-0.1, -0.05) is 11.6 Å². The summed E-state index contributed by atoms with van der Waals surface area (Å²) in [5.41, 5.74) is 3.07. The van der Waals surface area contributed by atoms with Gasteiger partial charge in [0.25, 0.3) is 0 Å². The van der Waals surface area contributed by atoms with E-state index < -0.39 is 0 Å². The zero-order valence-electron chi connectivity index (χ0n) is 9.24. The van der Waals surface area contributed by atoms with Crippen LogP contribution in [0.3, 0.4) is 0 Å². The Labute approximate surface area is 99.3 Å². The van der Waals surface area contributed by atoms with E-state index in [0.717, 1.165) is 23.4 Å². The van der Waals surface area contributed by atoms with Crippen molar-refractivity contribution in [2.24, 2.45) is 7.05 Å². The van der Waals surface area contributed by atoms with Crippen LogP contribution < -0.4 is 5.32 Å². The average molecular weight is 237 g/mol. The van der Waals surface area contributed by atoms with Crippen molar-refractivity contribution in [1.82, 2.24) is 14.8 Å². The fraction of sp³-hybridized carbons (Fsp3) is 0.273. The molecule has 1 N–H and O–H groups in total. The van der Waals surface area contributed by atoms with E-state index in [1.54, 1.807) is 10.9 Å². The maximum Gasteiger partial charge on any atom is 0.132 e. The lowest BCUT2D eigenvalue weighted by atomic mass is 10.3. The van der Waals surface area contributed by atoms with Gasteiger partial charge >= 0.3 is 0 Å². The van der Waals surface area contributed by atoms with Gasteiger partial charge in [-0.15, -0.1) is 0 Å². The summed E-state index contributed by atoms with van der Waals surface area (Å²) >= 11 is 5.85. The van der Waals surface area contributed by atoms with E-state index in [1.165, 1.54) is 0 Å². The highest BCUT2D eigenvalue weighted by Gasteiger charge is 2.00. The Bertz CT molecular complexity index is 492. The molecule has 0 amide bonds. The molecule has 2 rings (SSSR count). The van der Waals surface area contributed by atoms with Gasteiger partial charge in [0.2, 0.25) is 0 Å². The van der Waals surface area contributed by atoms with Crippen molar-refractivity contribution in [3.8, 4) is 0 Å². The SMILES string of the molecule is Cc1cc(NCc2cnn(C)c2)cnc1Cl. The molecule has 4 nitrogen and oxygen atoms in total. The molecule has 0 fully saturated rings. The second-order valence-electron chi connectivity index (χ2n) is 3.71. The molecule has 84 valence electrons. The molecule has 16 heavy (non-hydrogen) atoms. The summed E-state index contributed by atoms with van der Waals surface area (Å²) in [7, 11) is 1.90. The normalized spacial score (nSPS) is 10.4. The smallest absolute Gasteiger partial charge is 0.132 e. The van der Waals surface area contributed by atoms with Gasteiger partial charge in [-0.25, -0.2) is 4.98 Å². The van der Waals surface area contributed by atoms with Crippen molar-refractivity contribution in [2.75, 3.05) is 5.32 Å². The zero-order chi connectivity index (χ0) is 11.5. The molecular weight excluding hydrogens is 224 g/mol. The minimum Gasteiger partial charge on any atom is -0.380 e. The van der Waals surface area contributed by atoms with E-state index in [1.807, 2.05) is 32.4 Å². The largest absolute Gasteiger partial charge is 0.380 e. The molecule has 2 heterocycles. The third-order valence-corrected chi connectivity index (χ3v) is 2.67. The minimum atomic E-state index is 0.548. The summed E-state index contributed by atoms with van der Waals surface area (Å²) in [5, 5.41) is 7.92. The Balaban J connectivity index is 2.02. The molecule has 2 aromatic rings. The van der Waals surface area contributed by atoms with Crippen molar-refractivity contribution in [3.05, 3.63) is 40.9 Å². The Morgan fingerprint density at radius 2 is 2.25 bits per heavy atom. The number of hydrogen-bond acceptors (Lipinski definition) is 3. The van der Waals surface area contributed by atoms with E-state index in [0.29, 0.717) is 5.15 Å². The highest BCUT2D eigenvalue weighted by molar-refractivity contribution is 6.30. The number of rotatable bonds is 3. The first kappa shape index (κ1) is 11.0. The Kier molecular flexibility index (Phi) is 3.10. The molecule has 0 aliphatic carbocycles. The number of aryl methyl sites for hydroxylation is 2. The van der Waals surface area contributed by atoms with E-state index >= 15 is 0 Å². The van der Waals surface area contributed by atoms with Crippen LogP contribution in [0, 0.1) is 6.92 Å². The van der Waals surface area contributed by atoms with Crippen LogP contribution >= 0.6 is 11.6 Å². The summed E-state index contributed by atoms with van der Waals surface area (Å²) in [6, 6.07) is 1.98. The van der Waals surface area contributed by atoms with Crippen LogP contribution in [0.1, 0.15) is 11.1 Å². The molecule has 0 aromatic carbocycles. The number of aromatic nitrogens is 3. The standard InChI is InChI=1S/C11H13ClN4/c1-8-3-10(6-14-11(8)12)13-4-9-5-15-16(2)7-9/h3,5-7,13H,4H2,1-2H3. The van der Waals surface area contributed by atoms with Crippen LogP contribution in [0.25, 0.3) is 0 Å². The fourth-order valence-corrected chi connectivity index (χ4v) is 1.53. The number of halogens is 1. The van der Waals surface area contributed by atoms with Crippen molar-refractivity contribution < 1.29 is 0 Å². The third kappa shape index (κ3) is 2.52. The number of hydrogen-bond donors (Lipinski definition) is 1. The number of anilines is 1. The van der Waals surface area contributed by atoms with Crippen LogP contribution in [0.4, 0.5) is 5.69 Å². The molecule has 0 saturated carbocycles. The summed E-state index contributed by atoms with van der Waals surface area (Å²) in [6.07, 6.45) is 5.54. The Hall–Kier alpha value is -1.55. The molecule has 0 spiro atoms. The highest BCUT2D eigenvalue weighted by atomic mass is 35.5. The van der Waals surface area contributed by atoms with Crippen molar-refractivity contribution >= 4 is 17.3 Å². The predicted octanol–water partition coefficient (Wildman–Crippen LogP) is 2.39. The van der Waals surface area contributed by atoms with Gasteiger partial charge in [-0.05, 0) is 18.6 Å². The minimum absolute atomic E-state index is 0.548. The van der Waals surface area contributed by atoms with Crippen molar-refractivity contribution in [3.63, 3.8) is 0 Å². The topological polar surface area (TPSA) is 42.7 Å². The van der Waals surface area contributed by atoms with Gasteiger partial charge in [-0.3, -0.25) is 4.68 Å². The predicted molar refractivity (Wildman–Crippen MR) is 64.5 cm³/mol. The quantitative estimate of drug-likeness (QED) is 0.833. The summed E-state index contributed by atoms with van der Waals surface area (Å²) < 4.78 is 1.78. The molecule has 0 radical (unpaired) electrons. The third-order valence-electron chi connectivity index (χ3n) is 2.27. The maximum absolute atomic E-state index is 5.85. The molecule has 0 unspecified atom stereocenters. The molecule has 0 saturated heterocycles. The van der Waals surface area contributed by atoms with Gasteiger partial charge in [-0.2, -0.15) is 5.10 Å². The lowest BCUT2D eigenvalue weighted by molar-refractivity contribution is 0.767. The molecular formula is C11H13ClN4. The Morgan fingerprint density at radius 1 is 1.44 bits per heavy atom. The molecule has 0 atom stereocenters. The van der Waals surface area contributed by atoms with Crippen LogP contribution in [0.5, 0.6) is 0 Å². The highest BCUT2D eigenvalue weighted by Crippen LogP contribution is 2.16. The van der Waals surface area contributed by atoms with Crippen LogP contribution in [0.2, 0.25) is 5.15 Å². The molecule has 0 aliphatic heterocycles. The summed E-state index contributed by atoms with van der Waals surface area (Å²) in [4.78, 5) is 4.08. The lowest BCUT2D eigenvalue weighted by Crippen LogP contribution is -1.99. The monoisotopic (exact) mass is 236 g/mol. The second kappa shape index (κ2) is 4.53. The first-order valence-corrected chi connectivity index (χ1v) is 5.36. The first-order chi connectivity index (χ1) is 7.65. The molecule has 2 aromatic heterocycles. The van der Waals surface area contributed by atoms with Gasteiger partial charge < -0.3 is 5.32 Å². The number of nitrogens with one attached hydrogen (secondary N) is 1. The Morgan fingerprint density at radius 3 is 2.88 bits per heavy atom. The van der Waals surface area contributed by atoms with Crippen LogP contribution in [-0.2, 0) is 13.6 Å². The first-order valence-electron chi connectivity index (χ1n) is 4.98. The van der Waals surface area contributed by atoms with Gasteiger partial charge in [0, 0.05) is 25.4 Å². The lowest BCUT2D eigenvalue weighted by Gasteiger charge is -2.05. The van der Waals surface area contributed by atoms with Crippen LogP contribution in [0.15, 0.2) is 24.7 Å². The summed E-state index contributed by atoms with van der Waals surface area (Å²) in [6.45, 7) is 2.67. The van der Waals surface area contributed by atoms with Gasteiger partial charge in [0.15, 0.2) is 0 Å². The van der Waals surface area contributed by atoms with Gasteiger partial charge in [0.1, 0.15) is 5.15 Å². The molecule has 0 bridgehead atoms. The van der Waals surface area contributed by atoms with Crippen molar-refractivity contribution in [1.29, 1.82) is 0 Å².